The second-order valence-electron chi connectivity index (χ2n) is 6.29. The predicted molar refractivity (Wildman–Crippen MR) is 66.5 cm³/mol. The minimum atomic E-state index is 0.139. The standard InChI is InChI=1S/C15H24O2/c1-2-3-6-11-13-8-5-10-15(11)9-4-7-12(15)14(16)17-13/h11-13H,2-10H2,1H3/t11-,12-,13+,15+/m0/s1. The summed E-state index contributed by atoms with van der Waals surface area (Å²) in [5, 5.41) is 0. The number of unbranched alkanes of at least 4 members (excludes halogenated alkanes) is 1. The molecule has 2 nitrogen and oxygen atoms in total. The smallest absolute Gasteiger partial charge is 0.309 e. The van der Waals surface area contributed by atoms with E-state index >= 15 is 0 Å². The van der Waals surface area contributed by atoms with Crippen LogP contribution in [0.15, 0.2) is 0 Å². The lowest BCUT2D eigenvalue weighted by Crippen LogP contribution is -2.53. The van der Waals surface area contributed by atoms with Crippen molar-refractivity contribution in [2.45, 2.75) is 70.8 Å². The quantitative estimate of drug-likeness (QED) is 0.699. The molecule has 2 aliphatic carbocycles. The predicted octanol–water partition coefficient (Wildman–Crippen LogP) is 3.69. The first-order chi connectivity index (χ1) is 8.28. The van der Waals surface area contributed by atoms with E-state index in [0.29, 0.717) is 11.3 Å². The van der Waals surface area contributed by atoms with Crippen LogP contribution in [0.2, 0.25) is 0 Å². The third kappa shape index (κ3) is 1.63. The van der Waals surface area contributed by atoms with Crippen LogP contribution in [0.3, 0.4) is 0 Å². The van der Waals surface area contributed by atoms with Gasteiger partial charge in [0.05, 0.1) is 5.92 Å². The highest BCUT2D eigenvalue weighted by Gasteiger charge is 2.59. The molecule has 0 amide bonds. The van der Waals surface area contributed by atoms with Gasteiger partial charge in [-0.25, -0.2) is 0 Å². The van der Waals surface area contributed by atoms with Crippen LogP contribution in [0.25, 0.3) is 0 Å². The lowest BCUT2D eigenvalue weighted by Gasteiger charge is -2.52. The first-order valence-electron chi connectivity index (χ1n) is 7.48. The molecule has 1 aliphatic heterocycles. The third-order valence-electron chi connectivity index (χ3n) is 5.57. The van der Waals surface area contributed by atoms with Gasteiger partial charge in [0.15, 0.2) is 0 Å². The molecule has 1 heterocycles. The Morgan fingerprint density at radius 1 is 1.29 bits per heavy atom. The van der Waals surface area contributed by atoms with Crippen LogP contribution in [-0.2, 0) is 9.53 Å². The molecular weight excluding hydrogens is 212 g/mol. The summed E-state index contributed by atoms with van der Waals surface area (Å²) in [5.41, 5.74) is 0.355. The van der Waals surface area contributed by atoms with Gasteiger partial charge in [-0.3, -0.25) is 4.79 Å². The van der Waals surface area contributed by atoms with E-state index in [2.05, 4.69) is 6.92 Å². The van der Waals surface area contributed by atoms with Gasteiger partial charge in [-0.15, -0.1) is 0 Å². The summed E-state index contributed by atoms with van der Waals surface area (Å²) in [7, 11) is 0. The summed E-state index contributed by atoms with van der Waals surface area (Å²) in [5.74, 6) is 1.07. The van der Waals surface area contributed by atoms with Crippen LogP contribution in [0, 0.1) is 17.3 Å². The maximum Gasteiger partial charge on any atom is 0.309 e. The molecule has 0 aromatic rings. The number of hydrogen-bond acceptors (Lipinski definition) is 2. The Bertz CT molecular complexity index is 312. The molecule has 96 valence electrons. The summed E-state index contributed by atoms with van der Waals surface area (Å²) >= 11 is 0. The average Bonchev–Trinajstić information content (AvgIpc) is 2.72. The Labute approximate surface area is 104 Å². The van der Waals surface area contributed by atoms with Gasteiger partial charge in [-0.05, 0) is 43.9 Å². The molecule has 4 atom stereocenters. The second kappa shape index (κ2) is 4.29. The highest BCUT2D eigenvalue weighted by atomic mass is 16.5. The summed E-state index contributed by atoms with van der Waals surface area (Å²) in [6, 6.07) is 0. The van der Waals surface area contributed by atoms with E-state index < -0.39 is 0 Å². The van der Waals surface area contributed by atoms with E-state index in [1.54, 1.807) is 0 Å². The first-order valence-corrected chi connectivity index (χ1v) is 7.48. The van der Waals surface area contributed by atoms with E-state index in [0.717, 1.165) is 12.8 Å². The summed E-state index contributed by atoms with van der Waals surface area (Å²) < 4.78 is 5.74. The van der Waals surface area contributed by atoms with Gasteiger partial charge in [0.25, 0.3) is 0 Å². The van der Waals surface area contributed by atoms with Crippen LogP contribution in [0.1, 0.15) is 64.7 Å². The molecule has 0 aromatic heterocycles. The number of fused-ring (bicyclic) bond motifs is 1. The fourth-order valence-electron chi connectivity index (χ4n) is 4.85. The third-order valence-corrected chi connectivity index (χ3v) is 5.57. The van der Waals surface area contributed by atoms with Gasteiger partial charge in [0, 0.05) is 5.92 Å². The molecular formula is C15H24O2. The normalized spacial score (nSPS) is 44.3. The van der Waals surface area contributed by atoms with Crippen LogP contribution in [-0.4, -0.2) is 12.1 Å². The van der Waals surface area contributed by atoms with Crippen LogP contribution in [0.5, 0.6) is 0 Å². The summed E-state index contributed by atoms with van der Waals surface area (Å²) in [4.78, 5) is 12.1. The highest BCUT2D eigenvalue weighted by molar-refractivity contribution is 5.75. The van der Waals surface area contributed by atoms with E-state index in [-0.39, 0.29) is 18.0 Å². The van der Waals surface area contributed by atoms with Gasteiger partial charge in [-0.1, -0.05) is 26.2 Å². The number of ether oxygens (including phenoxy) is 1. The maximum absolute atomic E-state index is 12.1. The molecule has 17 heavy (non-hydrogen) atoms. The zero-order valence-electron chi connectivity index (χ0n) is 10.9. The summed E-state index contributed by atoms with van der Waals surface area (Å²) in [6.45, 7) is 2.26. The van der Waals surface area contributed by atoms with E-state index in [1.807, 2.05) is 0 Å². The van der Waals surface area contributed by atoms with Crippen molar-refractivity contribution in [3.05, 3.63) is 0 Å². The topological polar surface area (TPSA) is 26.3 Å². The van der Waals surface area contributed by atoms with Crippen LogP contribution < -0.4 is 0 Å². The molecule has 1 spiro atoms. The van der Waals surface area contributed by atoms with Crippen molar-refractivity contribution in [1.82, 2.24) is 0 Å². The van der Waals surface area contributed by atoms with Gasteiger partial charge in [-0.2, -0.15) is 0 Å². The Morgan fingerprint density at radius 3 is 2.82 bits per heavy atom. The lowest BCUT2D eigenvalue weighted by atomic mass is 9.57. The highest BCUT2D eigenvalue weighted by Crippen LogP contribution is 2.60. The van der Waals surface area contributed by atoms with Crippen molar-refractivity contribution in [3.63, 3.8) is 0 Å². The van der Waals surface area contributed by atoms with Crippen LogP contribution >= 0.6 is 0 Å². The van der Waals surface area contributed by atoms with Crippen molar-refractivity contribution < 1.29 is 9.53 Å². The molecule has 0 N–H and O–H groups in total. The minimum Gasteiger partial charge on any atom is -0.462 e. The second-order valence-corrected chi connectivity index (χ2v) is 6.29. The van der Waals surface area contributed by atoms with E-state index in [1.165, 1.54) is 44.9 Å². The fourth-order valence-corrected chi connectivity index (χ4v) is 4.85. The van der Waals surface area contributed by atoms with E-state index in [4.69, 9.17) is 4.74 Å². The Balaban J connectivity index is 1.88. The van der Waals surface area contributed by atoms with Crippen molar-refractivity contribution in [2.24, 2.45) is 17.3 Å². The zero-order chi connectivity index (χ0) is 11.9. The van der Waals surface area contributed by atoms with Gasteiger partial charge in [0.1, 0.15) is 6.10 Å². The van der Waals surface area contributed by atoms with Crippen LogP contribution in [0.4, 0.5) is 0 Å². The zero-order valence-corrected chi connectivity index (χ0v) is 10.9. The Morgan fingerprint density at radius 2 is 2.06 bits per heavy atom. The number of esters is 1. The molecule has 1 saturated heterocycles. The van der Waals surface area contributed by atoms with Gasteiger partial charge >= 0.3 is 5.97 Å². The molecule has 0 radical (unpaired) electrons. The molecule has 0 unspecified atom stereocenters. The number of hydrogen-bond donors (Lipinski definition) is 0. The molecule has 3 aliphatic rings. The lowest BCUT2D eigenvalue weighted by molar-refractivity contribution is -0.191. The molecule has 0 aromatic carbocycles. The minimum absolute atomic E-state index is 0.139. The molecule has 2 saturated carbocycles. The maximum atomic E-state index is 12.1. The molecule has 2 heteroatoms. The summed E-state index contributed by atoms with van der Waals surface area (Å²) in [6.07, 6.45) is 11.4. The van der Waals surface area contributed by atoms with Crippen molar-refractivity contribution >= 4 is 5.97 Å². The van der Waals surface area contributed by atoms with Gasteiger partial charge in [0.2, 0.25) is 0 Å². The number of rotatable bonds is 3. The Hall–Kier alpha value is -0.530. The monoisotopic (exact) mass is 236 g/mol. The fraction of sp³-hybridized carbons (Fsp3) is 0.933. The van der Waals surface area contributed by atoms with E-state index in [9.17, 15) is 4.79 Å². The Kier molecular flexibility index (Phi) is 2.92. The number of carbonyl (C=O) groups is 1. The average molecular weight is 236 g/mol. The molecule has 2 bridgehead atoms. The van der Waals surface area contributed by atoms with Crippen molar-refractivity contribution in [3.8, 4) is 0 Å². The van der Waals surface area contributed by atoms with Gasteiger partial charge < -0.3 is 4.74 Å². The SMILES string of the molecule is CCCC[C@H]1[C@H]2CCC[C@]13CCC[C@H]3C(=O)O2. The number of carbonyl (C=O) groups excluding carboxylic acids is 1. The molecule has 3 rings (SSSR count). The van der Waals surface area contributed by atoms with Crippen molar-refractivity contribution in [1.29, 1.82) is 0 Å². The van der Waals surface area contributed by atoms with Crippen molar-refractivity contribution in [2.75, 3.05) is 0 Å². The first kappa shape index (κ1) is 11.6. The largest absolute Gasteiger partial charge is 0.462 e. The molecule has 3 fully saturated rings.